The van der Waals surface area contributed by atoms with E-state index < -0.39 is 0 Å². The van der Waals surface area contributed by atoms with Crippen molar-refractivity contribution >= 4 is 11.3 Å². The monoisotopic (exact) mass is 314 g/mol. The quantitative estimate of drug-likeness (QED) is 0.869. The molecule has 1 aliphatic carbocycles. The predicted octanol–water partition coefficient (Wildman–Crippen LogP) is 3.25. The summed E-state index contributed by atoms with van der Waals surface area (Å²) in [6.45, 7) is 5.25. The molecule has 0 radical (unpaired) electrons. The van der Waals surface area contributed by atoms with Gasteiger partial charge in [0.15, 0.2) is 5.82 Å². The van der Waals surface area contributed by atoms with Crippen molar-refractivity contribution in [2.45, 2.75) is 44.9 Å². The number of piperidine rings is 1. The highest BCUT2D eigenvalue weighted by atomic mass is 16.5. The van der Waals surface area contributed by atoms with Crippen molar-refractivity contribution in [3.8, 4) is 0 Å². The van der Waals surface area contributed by atoms with Crippen molar-refractivity contribution in [3.63, 3.8) is 0 Å². The van der Waals surface area contributed by atoms with E-state index in [1.165, 1.54) is 25.0 Å². The zero-order valence-electron chi connectivity index (χ0n) is 14.2. The van der Waals surface area contributed by atoms with Gasteiger partial charge in [0.2, 0.25) is 0 Å². The fourth-order valence-corrected chi connectivity index (χ4v) is 3.83. The molecule has 124 valence electrons. The molecule has 2 aromatic rings. The lowest BCUT2D eigenvalue weighted by Crippen LogP contribution is -2.41. The molecule has 5 nitrogen and oxygen atoms in total. The molecule has 0 atom stereocenters. The molecule has 5 heteroatoms. The Balaban J connectivity index is 1.58. The molecule has 0 bridgehead atoms. The first-order valence-electron chi connectivity index (χ1n) is 8.77. The first-order chi connectivity index (χ1) is 11.2. The average Bonchev–Trinajstić information content (AvgIpc) is 2.89. The third-order valence-corrected chi connectivity index (χ3v) is 5.67. The Bertz CT molecular complexity index is 683. The highest BCUT2D eigenvalue weighted by Gasteiger charge is 2.31. The second kappa shape index (κ2) is 5.78. The van der Waals surface area contributed by atoms with Gasteiger partial charge in [0.05, 0.1) is 12.3 Å². The SMILES string of the molecule is COCC1(C)CCN(c2nccn3nc(C4CCC4)cc23)CC1. The zero-order valence-corrected chi connectivity index (χ0v) is 14.2. The zero-order chi connectivity index (χ0) is 15.9. The van der Waals surface area contributed by atoms with Crippen molar-refractivity contribution in [1.82, 2.24) is 14.6 Å². The molecule has 23 heavy (non-hydrogen) atoms. The average molecular weight is 314 g/mol. The van der Waals surface area contributed by atoms with E-state index in [1.54, 1.807) is 7.11 Å². The Labute approximate surface area is 137 Å². The number of aromatic nitrogens is 3. The van der Waals surface area contributed by atoms with Crippen LogP contribution in [0.2, 0.25) is 0 Å². The van der Waals surface area contributed by atoms with Crippen LogP contribution in [0.25, 0.3) is 5.52 Å². The molecule has 2 fully saturated rings. The van der Waals surface area contributed by atoms with Crippen molar-refractivity contribution < 1.29 is 4.74 Å². The van der Waals surface area contributed by atoms with Crippen LogP contribution in [0.5, 0.6) is 0 Å². The van der Waals surface area contributed by atoms with Gasteiger partial charge in [-0.2, -0.15) is 5.10 Å². The van der Waals surface area contributed by atoms with Crippen LogP contribution in [0.15, 0.2) is 18.5 Å². The molecule has 3 heterocycles. The number of rotatable bonds is 4. The summed E-state index contributed by atoms with van der Waals surface area (Å²) in [6, 6.07) is 2.26. The minimum absolute atomic E-state index is 0.299. The number of nitrogens with zero attached hydrogens (tertiary/aromatic N) is 4. The van der Waals surface area contributed by atoms with Gasteiger partial charge >= 0.3 is 0 Å². The summed E-state index contributed by atoms with van der Waals surface area (Å²) >= 11 is 0. The van der Waals surface area contributed by atoms with E-state index in [9.17, 15) is 0 Å². The molecule has 2 aliphatic rings. The minimum atomic E-state index is 0.299. The fraction of sp³-hybridized carbons (Fsp3) is 0.667. The van der Waals surface area contributed by atoms with E-state index >= 15 is 0 Å². The molecular weight excluding hydrogens is 288 g/mol. The summed E-state index contributed by atoms with van der Waals surface area (Å²) in [4.78, 5) is 7.09. The van der Waals surface area contributed by atoms with E-state index in [1.807, 2.05) is 16.9 Å². The fourth-order valence-electron chi connectivity index (χ4n) is 3.83. The first kappa shape index (κ1) is 14.9. The Hall–Kier alpha value is -1.62. The number of hydrogen-bond acceptors (Lipinski definition) is 4. The van der Waals surface area contributed by atoms with Crippen LogP contribution < -0.4 is 4.90 Å². The predicted molar refractivity (Wildman–Crippen MR) is 91.0 cm³/mol. The smallest absolute Gasteiger partial charge is 0.154 e. The first-order valence-corrected chi connectivity index (χ1v) is 8.77. The normalized spacial score (nSPS) is 21.6. The van der Waals surface area contributed by atoms with Crippen LogP contribution in [0, 0.1) is 5.41 Å². The summed E-state index contributed by atoms with van der Waals surface area (Å²) in [5.74, 6) is 1.75. The summed E-state index contributed by atoms with van der Waals surface area (Å²) in [6.07, 6.45) is 10.1. The summed E-state index contributed by atoms with van der Waals surface area (Å²) < 4.78 is 7.41. The molecule has 1 saturated heterocycles. The molecule has 2 aromatic heterocycles. The van der Waals surface area contributed by atoms with Gasteiger partial charge in [0, 0.05) is 38.5 Å². The third kappa shape index (κ3) is 2.71. The minimum Gasteiger partial charge on any atom is -0.384 e. The van der Waals surface area contributed by atoms with Crippen molar-refractivity contribution in [2.24, 2.45) is 5.41 Å². The summed E-state index contributed by atoms with van der Waals surface area (Å²) in [5.41, 5.74) is 2.70. The maximum Gasteiger partial charge on any atom is 0.154 e. The number of fused-ring (bicyclic) bond motifs is 1. The second-order valence-electron chi connectivity index (χ2n) is 7.51. The lowest BCUT2D eigenvalue weighted by atomic mass is 9.81. The van der Waals surface area contributed by atoms with Gasteiger partial charge in [-0.05, 0) is 37.2 Å². The highest BCUT2D eigenvalue weighted by Crippen LogP contribution is 2.38. The van der Waals surface area contributed by atoms with Gasteiger partial charge in [0.1, 0.15) is 5.52 Å². The number of methoxy groups -OCH3 is 1. The van der Waals surface area contributed by atoms with Crippen LogP contribution in [0.3, 0.4) is 0 Å². The van der Waals surface area contributed by atoms with Crippen LogP contribution in [-0.4, -0.2) is 41.4 Å². The molecule has 1 aliphatic heterocycles. The summed E-state index contributed by atoms with van der Waals surface area (Å²) in [7, 11) is 1.80. The Morgan fingerprint density at radius 1 is 1.30 bits per heavy atom. The van der Waals surface area contributed by atoms with Crippen molar-refractivity contribution in [2.75, 3.05) is 31.7 Å². The van der Waals surface area contributed by atoms with Crippen LogP contribution in [0.1, 0.15) is 50.6 Å². The molecule has 1 saturated carbocycles. The van der Waals surface area contributed by atoms with E-state index in [4.69, 9.17) is 9.84 Å². The van der Waals surface area contributed by atoms with Crippen LogP contribution in [0.4, 0.5) is 5.82 Å². The van der Waals surface area contributed by atoms with E-state index in [0.29, 0.717) is 11.3 Å². The van der Waals surface area contributed by atoms with Crippen molar-refractivity contribution in [3.05, 3.63) is 24.2 Å². The highest BCUT2D eigenvalue weighted by molar-refractivity contribution is 5.69. The maximum atomic E-state index is 5.40. The standard InChI is InChI=1S/C18H26N4O/c1-18(13-23-2)6-9-21(10-7-18)17-16-12-15(14-4-3-5-14)20-22(16)11-8-19-17/h8,11-12,14H,3-7,9-10,13H2,1-2H3. The molecular formula is C18H26N4O. The van der Waals surface area contributed by atoms with Crippen LogP contribution >= 0.6 is 0 Å². The molecule has 4 rings (SSSR count). The molecule has 0 spiro atoms. The Morgan fingerprint density at radius 3 is 2.74 bits per heavy atom. The largest absolute Gasteiger partial charge is 0.384 e. The van der Waals surface area contributed by atoms with Gasteiger partial charge in [-0.15, -0.1) is 0 Å². The Morgan fingerprint density at radius 2 is 2.09 bits per heavy atom. The van der Waals surface area contributed by atoms with Gasteiger partial charge in [0.25, 0.3) is 0 Å². The number of hydrogen-bond donors (Lipinski definition) is 0. The maximum absolute atomic E-state index is 5.40. The van der Waals surface area contributed by atoms with Gasteiger partial charge in [-0.25, -0.2) is 9.50 Å². The number of ether oxygens (including phenoxy) is 1. The van der Waals surface area contributed by atoms with E-state index in [0.717, 1.165) is 43.9 Å². The van der Waals surface area contributed by atoms with Gasteiger partial charge in [-0.3, -0.25) is 0 Å². The Kier molecular flexibility index (Phi) is 3.76. The topological polar surface area (TPSA) is 42.7 Å². The summed E-state index contributed by atoms with van der Waals surface area (Å²) in [5, 5.41) is 4.78. The lowest BCUT2D eigenvalue weighted by Gasteiger charge is -2.39. The van der Waals surface area contributed by atoms with Crippen molar-refractivity contribution in [1.29, 1.82) is 0 Å². The lowest BCUT2D eigenvalue weighted by molar-refractivity contribution is 0.0730. The van der Waals surface area contributed by atoms with E-state index in [2.05, 4.69) is 22.9 Å². The van der Waals surface area contributed by atoms with Gasteiger partial charge < -0.3 is 9.64 Å². The number of anilines is 1. The molecule has 0 unspecified atom stereocenters. The molecule has 0 amide bonds. The molecule has 0 aromatic carbocycles. The second-order valence-corrected chi connectivity index (χ2v) is 7.51. The van der Waals surface area contributed by atoms with Gasteiger partial charge in [-0.1, -0.05) is 13.3 Å². The molecule has 0 N–H and O–H groups in total. The third-order valence-electron chi connectivity index (χ3n) is 5.67. The van der Waals surface area contributed by atoms with E-state index in [-0.39, 0.29) is 0 Å². The van der Waals surface area contributed by atoms with Crippen LogP contribution in [-0.2, 0) is 4.74 Å².